The number of nitrogens with one attached hydrogen (secondary N) is 1. The molecular weight excluding hydrogens is 262 g/mol. The first-order valence-corrected chi connectivity index (χ1v) is 6.99. The first kappa shape index (κ1) is 12.6. The van der Waals surface area contributed by atoms with Crippen LogP contribution < -0.4 is 10.1 Å². The minimum Gasteiger partial charge on any atom is -0.474 e. The van der Waals surface area contributed by atoms with Gasteiger partial charge in [-0.25, -0.2) is 9.97 Å². The highest BCUT2D eigenvalue weighted by atomic mass is 35.5. The standard InChI is InChI=1S/C14H16ClN3O/c15-13-14(19-9-10-5-3-4-8-16-10)18-12-7-2-1-6-11(12)17-13/h1-2,6-7,10,16H,3-5,8-9H2/t10-/m0/s1. The normalized spacial score (nSPS) is 19.5. The Labute approximate surface area is 117 Å². The average molecular weight is 278 g/mol. The summed E-state index contributed by atoms with van der Waals surface area (Å²) in [5.41, 5.74) is 1.59. The van der Waals surface area contributed by atoms with Gasteiger partial charge in [0.2, 0.25) is 0 Å². The number of ether oxygens (including phenoxy) is 1. The highest BCUT2D eigenvalue weighted by Gasteiger charge is 2.15. The van der Waals surface area contributed by atoms with E-state index in [-0.39, 0.29) is 0 Å². The van der Waals surface area contributed by atoms with Gasteiger partial charge in [0, 0.05) is 6.04 Å². The lowest BCUT2D eigenvalue weighted by atomic mass is 10.1. The van der Waals surface area contributed by atoms with E-state index in [4.69, 9.17) is 16.3 Å². The van der Waals surface area contributed by atoms with Gasteiger partial charge in [-0.3, -0.25) is 0 Å². The predicted octanol–water partition coefficient (Wildman–Crippen LogP) is 2.80. The zero-order valence-corrected chi connectivity index (χ0v) is 11.4. The van der Waals surface area contributed by atoms with Crippen molar-refractivity contribution in [2.24, 2.45) is 0 Å². The van der Waals surface area contributed by atoms with E-state index in [1.165, 1.54) is 12.8 Å². The van der Waals surface area contributed by atoms with Gasteiger partial charge in [0.05, 0.1) is 11.0 Å². The van der Waals surface area contributed by atoms with Crippen molar-refractivity contribution in [1.29, 1.82) is 0 Å². The van der Waals surface area contributed by atoms with Crippen molar-refractivity contribution in [3.05, 3.63) is 29.4 Å². The summed E-state index contributed by atoms with van der Waals surface area (Å²) in [6.07, 6.45) is 3.63. The van der Waals surface area contributed by atoms with Gasteiger partial charge >= 0.3 is 0 Å². The summed E-state index contributed by atoms with van der Waals surface area (Å²) in [5, 5.41) is 3.76. The molecule has 0 saturated carbocycles. The first-order valence-electron chi connectivity index (χ1n) is 6.61. The van der Waals surface area contributed by atoms with Crippen LogP contribution in [-0.4, -0.2) is 29.2 Å². The molecule has 1 fully saturated rings. The lowest BCUT2D eigenvalue weighted by Gasteiger charge is -2.23. The number of hydrogen-bond donors (Lipinski definition) is 1. The Morgan fingerprint density at radius 1 is 1.21 bits per heavy atom. The molecule has 0 radical (unpaired) electrons. The van der Waals surface area contributed by atoms with E-state index in [0.717, 1.165) is 24.0 Å². The molecule has 0 aliphatic carbocycles. The van der Waals surface area contributed by atoms with E-state index >= 15 is 0 Å². The van der Waals surface area contributed by atoms with Gasteiger partial charge in [-0.15, -0.1) is 0 Å². The van der Waals surface area contributed by atoms with E-state index in [1.54, 1.807) is 0 Å². The Morgan fingerprint density at radius 3 is 2.74 bits per heavy atom. The van der Waals surface area contributed by atoms with E-state index in [0.29, 0.717) is 23.7 Å². The van der Waals surface area contributed by atoms with Crippen LogP contribution in [0.1, 0.15) is 19.3 Å². The van der Waals surface area contributed by atoms with Crippen molar-refractivity contribution in [2.75, 3.05) is 13.2 Å². The molecule has 0 bridgehead atoms. The van der Waals surface area contributed by atoms with Gasteiger partial charge in [-0.1, -0.05) is 30.2 Å². The van der Waals surface area contributed by atoms with Crippen LogP contribution in [0.2, 0.25) is 5.15 Å². The lowest BCUT2D eigenvalue weighted by molar-refractivity contribution is 0.232. The third-order valence-electron chi connectivity index (χ3n) is 3.33. The molecule has 0 spiro atoms. The Hall–Kier alpha value is -1.39. The number of nitrogens with zero attached hydrogens (tertiary/aromatic N) is 2. The van der Waals surface area contributed by atoms with Crippen molar-refractivity contribution in [3.8, 4) is 5.88 Å². The van der Waals surface area contributed by atoms with E-state index in [2.05, 4.69) is 15.3 Å². The number of para-hydroxylation sites is 2. The minimum absolute atomic E-state index is 0.328. The van der Waals surface area contributed by atoms with E-state index in [1.807, 2.05) is 24.3 Å². The van der Waals surface area contributed by atoms with Crippen molar-refractivity contribution in [2.45, 2.75) is 25.3 Å². The fourth-order valence-electron chi connectivity index (χ4n) is 2.30. The van der Waals surface area contributed by atoms with Gasteiger partial charge in [0.25, 0.3) is 5.88 Å². The van der Waals surface area contributed by atoms with Crippen LogP contribution in [0.4, 0.5) is 0 Å². The highest BCUT2D eigenvalue weighted by Crippen LogP contribution is 2.23. The van der Waals surface area contributed by atoms with Crippen LogP contribution in [0.3, 0.4) is 0 Å². The van der Waals surface area contributed by atoms with Gasteiger partial charge < -0.3 is 10.1 Å². The molecule has 0 unspecified atom stereocenters. The quantitative estimate of drug-likeness (QED) is 0.937. The molecular formula is C14H16ClN3O. The van der Waals surface area contributed by atoms with Crippen LogP contribution >= 0.6 is 11.6 Å². The minimum atomic E-state index is 0.328. The average Bonchev–Trinajstić information content (AvgIpc) is 2.46. The zero-order valence-electron chi connectivity index (χ0n) is 10.6. The maximum Gasteiger partial charge on any atom is 0.252 e. The second-order valence-corrected chi connectivity index (χ2v) is 5.12. The van der Waals surface area contributed by atoms with Crippen LogP contribution in [0, 0.1) is 0 Å². The molecule has 19 heavy (non-hydrogen) atoms. The molecule has 1 N–H and O–H groups in total. The van der Waals surface area contributed by atoms with Gasteiger partial charge in [-0.05, 0) is 31.5 Å². The second-order valence-electron chi connectivity index (χ2n) is 4.77. The van der Waals surface area contributed by atoms with Crippen molar-refractivity contribution in [1.82, 2.24) is 15.3 Å². The Morgan fingerprint density at radius 2 is 2.00 bits per heavy atom. The smallest absolute Gasteiger partial charge is 0.252 e. The third-order valence-corrected chi connectivity index (χ3v) is 3.58. The summed E-state index contributed by atoms with van der Waals surface area (Å²) in [6.45, 7) is 1.65. The molecule has 4 nitrogen and oxygen atoms in total. The molecule has 5 heteroatoms. The summed E-state index contributed by atoms with van der Waals surface area (Å²) in [6, 6.07) is 8.03. The van der Waals surface area contributed by atoms with Crippen LogP contribution in [0.25, 0.3) is 11.0 Å². The predicted molar refractivity (Wildman–Crippen MR) is 75.7 cm³/mol. The molecule has 2 aromatic rings. The fraction of sp³-hybridized carbons (Fsp3) is 0.429. The molecule has 1 aliphatic heterocycles. The largest absolute Gasteiger partial charge is 0.474 e. The Kier molecular flexibility index (Phi) is 3.80. The summed E-state index contributed by atoms with van der Waals surface area (Å²) in [5.74, 6) is 0.424. The SMILES string of the molecule is Clc1nc2ccccc2nc1OC[C@@H]1CCCCN1. The molecule has 100 valence electrons. The number of aromatic nitrogens is 2. The molecule has 0 amide bonds. The van der Waals surface area contributed by atoms with Crippen molar-refractivity contribution < 1.29 is 4.74 Å². The molecule has 3 rings (SSSR count). The number of benzene rings is 1. The van der Waals surface area contributed by atoms with Gasteiger partial charge in [0.15, 0.2) is 5.15 Å². The number of halogens is 1. The summed E-state index contributed by atoms with van der Waals surface area (Å²) < 4.78 is 5.72. The molecule has 2 heterocycles. The summed E-state index contributed by atoms with van der Waals surface area (Å²) >= 11 is 6.10. The Bertz CT molecular complexity index is 570. The van der Waals surface area contributed by atoms with Crippen LogP contribution in [0.15, 0.2) is 24.3 Å². The van der Waals surface area contributed by atoms with Crippen molar-refractivity contribution in [3.63, 3.8) is 0 Å². The molecule has 1 aromatic heterocycles. The van der Waals surface area contributed by atoms with Crippen LogP contribution in [-0.2, 0) is 0 Å². The maximum absolute atomic E-state index is 6.10. The second kappa shape index (κ2) is 5.72. The lowest BCUT2D eigenvalue weighted by Crippen LogP contribution is -2.38. The van der Waals surface area contributed by atoms with Crippen LogP contribution in [0.5, 0.6) is 5.88 Å². The summed E-state index contributed by atoms with van der Waals surface area (Å²) in [4.78, 5) is 8.71. The topological polar surface area (TPSA) is 47.0 Å². The molecule has 1 atom stereocenters. The monoisotopic (exact) mass is 277 g/mol. The molecule has 1 aliphatic rings. The molecule has 1 aromatic carbocycles. The zero-order chi connectivity index (χ0) is 13.1. The molecule has 1 saturated heterocycles. The van der Waals surface area contributed by atoms with Gasteiger partial charge in [-0.2, -0.15) is 0 Å². The Balaban J connectivity index is 1.74. The van der Waals surface area contributed by atoms with E-state index < -0.39 is 0 Å². The van der Waals surface area contributed by atoms with E-state index in [9.17, 15) is 0 Å². The summed E-state index contributed by atoms with van der Waals surface area (Å²) in [7, 11) is 0. The first-order chi connectivity index (χ1) is 9.33. The number of piperidine rings is 1. The maximum atomic E-state index is 6.10. The fourth-order valence-corrected chi connectivity index (χ4v) is 2.49. The number of fused-ring (bicyclic) bond motifs is 1. The van der Waals surface area contributed by atoms with Gasteiger partial charge in [0.1, 0.15) is 6.61 Å². The number of rotatable bonds is 3. The highest BCUT2D eigenvalue weighted by molar-refractivity contribution is 6.31. The number of hydrogen-bond acceptors (Lipinski definition) is 4. The third kappa shape index (κ3) is 2.96. The van der Waals surface area contributed by atoms with Crippen molar-refractivity contribution >= 4 is 22.6 Å².